The van der Waals surface area contributed by atoms with Gasteiger partial charge in [0.1, 0.15) is 0 Å². The lowest BCUT2D eigenvalue weighted by molar-refractivity contribution is -0.170. The van der Waals surface area contributed by atoms with E-state index in [1.165, 1.54) is 0 Å². The Morgan fingerprint density at radius 2 is 2.06 bits per heavy atom. The third kappa shape index (κ3) is 1.40. The molecule has 2 aliphatic rings. The van der Waals surface area contributed by atoms with Crippen LogP contribution >= 0.6 is 12.2 Å². The normalized spacial score (nSPS) is 35.0. The molecule has 0 aromatic carbocycles. The summed E-state index contributed by atoms with van der Waals surface area (Å²) in [4.78, 5) is 24.6. The maximum atomic E-state index is 12.4. The molecule has 0 aromatic rings. The smallest absolute Gasteiger partial charge is 0.254 e. The number of nitrogens with two attached hydrogens (primary N) is 1. The van der Waals surface area contributed by atoms with Gasteiger partial charge in [-0.25, -0.2) is 0 Å². The number of nitrogens with one attached hydrogen (secondary N) is 1. The Kier molecular flexibility index (Phi) is 2.47. The van der Waals surface area contributed by atoms with Crippen LogP contribution in [0.1, 0.15) is 33.6 Å². The van der Waals surface area contributed by atoms with E-state index in [2.05, 4.69) is 5.43 Å². The zero-order valence-electron chi connectivity index (χ0n) is 10.2. The third-order valence-corrected chi connectivity index (χ3v) is 4.73. The van der Waals surface area contributed by atoms with Gasteiger partial charge in [0, 0.05) is 5.92 Å². The molecule has 5 nitrogen and oxygen atoms in total. The Morgan fingerprint density at radius 1 is 1.47 bits per heavy atom. The summed E-state index contributed by atoms with van der Waals surface area (Å²) >= 11 is 4.69. The van der Waals surface area contributed by atoms with E-state index in [9.17, 15) is 9.59 Å². The summed E-state index contributed by atoms with van der Waals surface area (Å²) in [5.41, 5.74) is 7.00. The Balaban J connectivity index is 2.42. The lowest BCUT2D eigenvalue weighted by atomic mass is 9.63. The van der Waals surface area contributed by atoms with E-state index in [4.69, 9.17) is 18.0 Å². The summed E-state index contributed by atoms with van der Waals surface area (Å²) < 4.78 is 0. The third-order valence-electron chi connectivity index (χ3n) is 4.64. The zero-order valence-corrected chi connectivity index (χ0v) is 11.1. The Bertz CT molecular complexity index is 421. The predicted molar refractivity (Wildman–Crippen MR) is 66.4 cm³/mol. The average Bonchev–Trinajstić information content (AvgIpc) is 2.40. The quantitative estimate of drug-likeness (QED) is 0.528. The topological polar surface area (TPSA) is 75.4 Å². The molecule has 1 saturated carbocycles. The summed E-state index contributed by atoms with van der Waals surface area (Å²) in [6, 6.07) is 0. The van der Waals surface area contributed by atoms with Gasteiger partial charge in [0.25, 0.3) is 11.8 Å². The van der Waals surface area contributed by atoms with Gasteiger partial charge in [0.15, 0.2) is 5.11 Å². The van der Waals surface area contributed by atoms with E-state index < -0.39 is 5.41 Å². The van der Waals surface area contributed by atoms with Gasteiger partial charge in [0.05, 0.1) is 5.41 Å². The number of hydrogen-bond acceptors (Lipinski definition) is 3. The molecule has 6 heteroatoms. The van der Waals surface area contributed by atoms with E-state index in [-0.39, 0.29) is 28.3 Å². The molecule has 1 aliphatic heterocycles. The van der Waals surface area contributed by atoms with E-state index in [0.29, 0.717) is 0 Å². The second-order valence-electron chi connectivity index (χ2n) is 5.60. The SMILES string of the molecule is CC12CCC(C(=O)N(NC(N)=S)C1=O)C2(C)C. The van der Waals surface area contributed by atoms with Gasteiger partial charge in [-0.15, -0.1) is 0 Å². The van der Waals surface area contributed by atoms with Crippen LogP contribution in [0, 0.1) is 16.7 Å². The number of hydrogen-bond donors (Lipinski definition) is 2. The number of imide groups is 1. The number of carbonyl (C=O) groups excluding carboxylic acids is 2. The van der Waals surface area contributed by atoms with Crippen LogP contribution in [-0.4, -0.2) is 21.9 Å². The van der Waals surface area contributed by atoms with Crippen LogP contribution in [0.15, 0.2) is 0 Å². The van der Waals surface area contributed by atoms with Gasteiger partial charge in [-0.2, -0.15) is 5.01 Å². The first kappa shape index (κ1) is 12.3. The molecule has 2 fully saturated rings. The monoisotopic (exact) mass is 255 g/mol. The minimum atomic E-state index is -0.524. The van der Waals surface area contributed by atoms with Crippen molar-refractivity contribution in [3.63, 3.8) is 0 Å². The number of piperidine rings is 1. The van der Waals surface area contributed by atoms with Gasteiger partial charge in [-0.1, -0.05) is 20.8 Å². The standard InChI is InChI=1S/C11H17N3O2S/c1-10(2)6-4-5-11(10,3)8(16)14(7(6)15)13-9(12)17/h6H,4-5H2,1-3H3,(H3,12,13,17). The van der Waals surface area contributed by atoms with Crippen LogP contribution in [0.4, 0.5) is 0 Å². The number of rotatable bonds is 1. The molecule has 1 saturated heterocycles. The Labute approximate surface area is 106 Å². The summed E-state index contributed by atoms with van der Waals surface area (Å²) in [6.07, 6.45) is 1.47. The van der Waals surface area contributed by atoms with E-state index in [0.717, 1.165) is 17.9 Å². The molecule has 2 unspecified atom stereocenters. The maximum Gasteiger partial charge on any atom is 0.254 e. The van der Waals surface area contributed by atoms with Crippen LogP contribution in [-0.2, 0) is 9.59 Å². The van der Waals surface area contributed by atoms with Crippen molar-refractivity contribution in [2.45, 2.75) is 33.6 Å². The van der Waals surface area contributed by atoms with Gasteiger partial charge in [-0.3, -0.25) is 15.0 Å². The molecule has 2 atom stereocenters. The molecule has 3 N–H and O–H groups in total. The number of fused-ring (bicyclic) bond motifs is 2. The Hall–Kier alpha value is -1.17. The van der Waals surface area contributed by atoms with Crippen molar-refractivity contribution in [3.05, 3.63) is 0 Å². The number of hydrazine groups is 1. The van der Waals surface area contributed by atoms with Crippen LogP contribution in [0.3, 0.4) is 0 Å². The summed E-state index contributed by atoms with van der Waals surface area (Å²) in [7, 11) is 0. The molecule has 1 heterocycles. The van der Waals surface area contributed by atoms with Crippen molar-refractivity contribution in [2.75, 3.05) is 0 Å². The fourth-order valence-corrected chi connectivity index (χ4v) is 3.13. The summed E-state index contributed by atoms with van der Waals surface area (Å²) in [6.45, 7) is 5.88. The number of nitrogens with zero attached hydrogens (tertiary/aromatic N) is 1. The van der Waals surface area contributed by atoms with Crippen molar-refractivity contribution in [2.24, 2.45) is 22.5 Å². The van der Waals surface area contributed by atoms with Gasteiger partial charge < -0.3 is 5.73 Å². The average molecular weight is 255 g/mol. The lowest BCUT2D eigenvalue weighted by Crippen LogP contribution is -2.64. The molecule has 2 rings (SSSR count). The lowest BCUT2D eigenvalue weighted by Gasteiger charge is -2.47. The second-order valence-corrected chi connectivity index (χ2v) is 6.04. The van der Waals surface area contributed by atoms with Crippen LogP contribution in [0.5, 0.6) is 0 Å². The molecule has 94 valence electrons. The minimum Gasteiger partial charge on any atom is -0.375 e. The van der Waals surface area contributed by atoms with E-state index >= 15 is 0 Å². The molecule has 0 spiro atoms. The minimum absolute atomic E-state index is 0.0607. The van der Waals surface area contributed by atoms with Crippen LogP contribution < -0.4 is 11.2 Å². The van der Waals surface area contributed by atoms with Crippen molar-refractivity contribution >= 4 is 29.1 Å². The van der Waals surface area contributed by atoms with Crippen LogP contribution in [0.2, 0.25) is 0 Å². The summed E-state index contributed by atoms with van der Waals surface area (Å²) in [5, 5.41) is 0.944. The second kappa shape index (κ2) is 3.41. The molecular weight excluding hydrogens is 238 g/mol. The van der Waals surface area contributed by atoms with E-state index in [1.54, 1.807) is 0 Å². The fourth-order valence-electron chi connectivity index (χ4n) is 3.03. The highest BCUT2D eigenvalue weighted by atomic mass is 32.1. The summed E-state index contributed by atoms with van der Waals surface area (Å²) in [5.74, 6) is -0.594. The van der Waals surface area contributed by atoms with Crippen molar-refractivity contribution in [1.82, 2.24) is 10.4 Å². The molecule has 0 radical (unpaired) electrons. The maximum absolute atomic E-state index is 12.4. The Morgan fingerprint density at radius 3 is 2.59 bits per heavy atom. The first-order valence-electron chi connectivity index (χ1n) is 5.66. The van der Waals surface area contributed by atoms with Gasteiger partial charge in [-0.05, 0) is 30.5 Å². The first-order chi connectivity index (χ1) is 7.72. The molecule has 2 bridgehead atoms. The van der Waals surface area contributed by atoms with E-state index in [1.807, 2.05) is 20.8 Å². The van der Waals surface area contributed by atoms with Crippen molar-refractivity contribution < 1.29 is 9.59 Å². The molecular formula is C11H17N3O2S. The molecule has 17 heavy (non-hydrogen) atoms. The number of amides is 2. The number of thiocarbonyl (C=S) groups is 1. The van der Waals surface area contributed by atoms with Crippen molar-refractivity contribution in [1.29, 1.82) is 0 Å². The largest absolute Gasteiger partial charge is 0.375 e. The van der Waals surface area contributed by atoms with Gasteiger partial charge >= 0.3 is 0 Å². The first-order valence-corrected chi connectivity index (χ1v) is 6.07. The highest BCUT2D eigenvalue weighted by Gasteiger charge is 2.64. The molecule has 0 aromatic heterocycles. The molecule has 1 aliphatic carbocycles. The fraction of sp³-hybridized carbons (Fsp3) is 0.727. The number of carbonyl (C=O) groups is 2. The van der Waals surface area contributed by atoms with Crippen LogP contribution in [0.25, 0.3) is 0 Å². The highest BCUT2D eigenvalue weighted by molar-refractivity contribution is 7.80. The van der Waals surface area contributed by atoms with Crippen molar-refractivity contribution in [3.8, 4) is 0 Å². The molecule has 2 amide bonds. The zero-order chi connectivity index (χ0) is 13.0. The highest BCUT2D eigenvalue weighted by Crippen LogP contribution is 2.59. The van der Waals surface area contributed by atoms with Gasteiger partial charge in [0.2, 0.25) is 0 Å². The predicted octanol–water partition coefficient (Wildman–Crippen LogP) is 0.546.